The molecule has 124 valence electrons. The first kappa shape index (κ1) is 15.0. The van der Waals surface area contributed by atoms with Gasteiger partial charge in [-0.3, -0.25) is 0 Å². The van der Waals surface area contributed by atoms with Crippen LogP contribution in [0.25, 0.3) is 22.1 Å². The number of nitrogens with zero attached hydrogens (tertiary/aromatic N) is 5. The van der Waals surface area contributed by atoms with Crippen molar-refractivity contribution in [1.82, 2.24) is 24.9 Å². The highest BCUT2D eigenvalue weighted by atomic mass is 15.6. The molecular weight excluding hydrogens is 302 g/mol. The molecule has 0 amide bonds. The minimum Gasteiger partial charge on any atom is -0.346 e. The number of hydrogen-bond acceptors (Lipinski definition) is 5. The van der Waals surface area contributed by atoms with Crippen LogP contribution in [0.3, 0.4) is 0 Å². The Morgan fingerprint density at radius 2 is 2.25 bits per heavy atom. The summed E-state index contributed by atoms with van der Waals surface area (Å²) in [7, 11) is 1.94. The molecular formula is C17H21N7. The molecule has 4 heterocycles. The summed E-state index contributed by atoms with van der Waals surface area (Å²) in [5.74, 6) is 1.52. The predicted molar refractivity (Wildman–Crippen MR) is 93.1 cm³/mol. The molecule has 3 aromatic rings. The van der Waals surface area contributed by atoms with Crippen molar-refractivity contribution in [1.29, 1.82) is 5.26 Å². The Balaban J connectivity index is 1.79. The van der Waals surface area contributed by atoms with Crippen LogP contribution in [0.1, 0.15) is 25.1 Å². The van der Waals surface area contributed by atoms with E-state index in [1.165, 1.54) is 0 Å². The van der Waals surface area contributed by atoms with Gasteiger partial charge in [0.05, 0.1) is 18.8 Å². The maximum atomic E-state index is 8.92. The molecule has 7 nitrogen and oxygen atoms in total. The van der Waals surface area contributed by atoms with Gasteiger partial charge in [0.1, 0.15) is 22.5 Å². The molecule has 0 aliphatic carbocycles. The van der Waals surface area contributed by atoms with E-state index in [1.807, 2.05) is 19.4 Å². The Labute approximate surface area is 140 Å². The lowest BCUT2D eigenvalue weighted by molar-refractivity contribution is 0.367. The van der Waals surface area contributed by atoms with Crippen molar-refractivity contribution in [3.63, 3.8) is 0 Å². The zero-order chi connectivity index (χ0) is 16.5. The standard InChI is InChI=1S/C17H21N7/c1-19-11-15-22-14-10-21-17-13(3-7-20-17)16(14)24(15)23-8-4-12(2-6-18)5-9-23/h3,7,10,12,19H,2,4-5,8-9,11H2,1H3,(H,20,21). The number of fused-ring (bicyclic) bond motifs is 3. The molecule has 1 aliphatic rings. The van der Waals surface area contributed by atoms with Gasteiger partial charge in [0, 0.05) is 31.1 Å². The molecule has 1 aliphatic heterocycles. The molecule has 0 saturated carbocycles. The fraction of sp³-hybridized carbons (Fsp3) is 0.471. The van der Waals surface area contributed by atoms with Gasteiger partial charge in [-0.15, -0.1) is 0 Å². The third kappa shape index (κ3) is 2.39. The maximum absolute atomic E-state index is 8.92. The lowest BCUT2D eigenvalue weighted by Crippen LogP contribution is -2.42. The second kappa shape index (κ2) is 6.13. The van der Waals surface area contributed by atoms with Crippen LogP contribution in [0.5, 0.6) is 0 Å². The van der Waals surface area contributed by atoms with Crippen LogP contribution >= 0.6 is 0 Å². The summed E-state index contributed by atoms with van der Waals surface area (Å²) < 4.78 is 2.26. The summed E-state index contributed by atoms with van der Waals surface area (Å²) in [4.78, 5) is 12.4. The summed E-state index contributed by atoms with van der Waals surface area (Å²) in [6.07, 6.45) is 6.52. The van der Waals surface area contributed by atoms with Gasteiger partial charge >= 0.3 is 0 Å². The largest absolute Gasteiger partial charge is 0.346 e. The van der Waals surface area contributed by atoms with Gasteiger partial charge in [0.2, 0.25) is 0 Å². The van der Waals surface area contributed by atoms with E-state index in [9.17, 15) is 0 Å². The van der Waals surface area contributed by atoms with E-state index in [0.717, 1.165) is 53.8 Å². The SMILES string of the molecule is CNCc1nc2cnc3[nH]ccc3c2n1N1CCC(CC#N)CC1. The van der Waals surface area contributed by atoms with Gasteiger partial charge < -0.3 is 15.3 Å². The molecule has 0 unspecified atom stereocenters. The molecule has 2 N–H and O–H groups in total. The number of H-pyrrole nitrogens is 1. The van der Waals surface area contributed by atoms with E-state index in [0.29, 0.717) is 18.9 Å². The molecule has 0 radical (unpaired) electrons. The van der Waals surface area contributed by atoms with Crippen molar-refractivity contribution < 1.29 is 0 Å². The van der Waals surface area contributed by atoms with Gasteiger partial charge in [-0.25, -0.2) is 14.6 Å². The minimum atomic E-state index is 0.516. The topological polar surface area (TPSA) is 85.6 Å². The highest BCUT2D eigenvalue weighted by molar-refractivity contribution is 6.01. The average molecular weight is 323 g/mol. The van der Waals surface area contributed by atoms with Gasteiger partial charge in [-0.2, -0.15) is 5.26 Å². The number of nitrogens with one attached hydrogen (secondary N) is 2. The van der Waals surface area contributed by atoms with Crippen LogP contribution in [-0.2, 0) is 6.54 Å². The van der Waals surface area contributed by atoms with Crippen molar-refractivity contribution in [2.45, 2.75) is 25.8 Å². The van der Waals surface area contributed by atoms with Crippen LogP contribution in [0.2, 0.25) is 0 Å². The van der Waals surface area contributed by atoms with E-state index in [4.69, 9.17) is 10.2 Å². The fourth-order valence-electron chi connectivity index (χ4n) is 3.63. The van der Waals surface area contributed by atoms with Crippen LogP contribution in [-0.4, -0.2) is 39.8 Å². The second-order valence-corrected chi connectivity index (χ2v) is 6.36. The number of pyridine rings is 1. The molecule has 1 fully saturated rings. The van der Waals surface area contributed by atoms with Crippen molar-refractivity contribution in [3.8, 4) is 6.07 Å². The number of piperidine rings is 1. The van der Waals surface area contributed by atoms with Gasteiger partial charge in [-0.05, 0) is 31.9 Å². The molecule has 1 saturated heterocycles. The quantitative estimate of drug-likeness (QED) is 0.766. The number of imidazole rings is 1. The molecule has 0 spiro atoms. The molecule has 7 heteroatoms. The Morgan fingerprint density at radius 1 is 1.42 bits per heavy atom. The van der Waals surface area contributed by atoms with E-state index in [2.05, 4.69) is 37.1 Å². The van der Waals surface area contributed by atoms with Gasteiger partial charge in [-0.1, -0.05) is 0 Å². The third-order valence-electron chi connectivity index (χ3n) is 4.83. The molecule has 0 aromatic carbocycles. The molecule has 4 rings (SSSR count). The normalized spacial score (nSPS) is 16.1. The molecule has 0 bridgehead atoms. The lowest BCUT2D eigenvalue weighted by atomic mass is 9.95. The lowest BCUT2D eigenvalue weighted by Gasteiger charge is -2.34. The molecule has 0 atom stereocenters. The average Bonchev–Trinajstić information content (AvgIpc) is 3.20. The minimum absolute atomic E-state index is 0.516. The first-order valence-electron chi connectivity index (χ1n) is 8.42. The summed E-state index contributed by atoms with van der Waals surface area (Å²) in [5.41, 5.74) is 2.93. The Morgan fingerprint density at radius 3 is 3.00 bits per heavy atom. The van der Waals surface area contributed by atoms with Gasteiger partial charge in [0.15, 0.2) is 0 Å². The Bertz CT molecular complexity index is 893. The van der Waals surface area contributed by atoms with Crippen LogP contribution in [0.15, 0.2) is 18.5 Å². The highest BCUT2D eigenvalue weighted by Gasteiger charge is 2.24. The zero-order valence-corrected chi connectivity index (χ0v) is 13.8. The number of aromatic nitrogens is 4. The smallest absolute Gasteiger partial charge is 0.142 e. The third-order valence-corrected chi connectivity index (χ3v) is 4.83. The summed E-state index contributed by atoms with van der Waals surface area (Å²) >= 11 is 0. The summed E-state index contributed by atoms with van der Waals surface area (Å²) in [5, 5.41) is 15.6. The first-order chi connectivity index (χ1) is 11.8. The van der Waals surface area contributed by atoms with E-state index in [1.54, 1.807) is 0 Å². The van der Waals surface area contributed by atoms with E-state index >= 15 is 0 Å². The van der Waals surface area contributed by atoms with Gasteiger partial charge in [0.25, 0.3) is 0 Å². The van der Waals surface area contributed by atoms with Crippen LogP contribution in [0, 0.1) is 17.2 Å². The maximum Gasteiger partial charge on any atom is 0.142 e. The number of nitriles is 1. The number of hydrogen-bond donors (Lipinski definition) is 2. The number of rotatable bonds is 4. The fourth-order valence-corrected chi connectivity index (χ4v) is 3.63. The van der Waals surface area contributed by atoms with Crippen LogP contribution < -0.4 is 10.3 Å². The number of aromatic amines is 1. The van der Waals surface area contributed by atoms with Crippen molar-refractivity contribution >= 4 is 22.1 Å². The van der Waals surface area contributed by atoms with E-state index in [-0.39, 0.29) is 0 Å². The molecule has 3 aromatic heterocycles. The van der Waals surface area contributed by atoms with Crippen LogP contribution in [0.4, 0.5) is 0 Å². The zero-order valence-electron chi connectivity index (χ0n) is 13.8. The summed E-state index contributed by atoms with van der Waals surface area (Å²) in [6, 6.07) is 4.37. The predicted octanol–water partition coefficient (Wildman–Crippen LogP) is 1.89. The first-order valence-corrected chi connectivity index (χ1v) is 8.42. The summed E-state index contributed by atoms with van der Waals surface area (Å²) in [6.45, 7) is 2.60. The monoisotopic (exact) mass is 323 g/mol. The molecule has 24 heavy (non-hydrogen) atoms. The van der Waals surface area contributed by atoms with E-state index < -0.39 is 0 Å². The van der Waals surface area contributed by atoms with Crippen molar-refractivity contribution in [2.75, 3.05) is 25.1 Å². The van der Waals surface area contributed by atoms with Crippen molar-refractivity contribution in [2.24, 2.45) is 5.92 Å². The Hall–Kier alpha value is -2.59. The van der Waals surface area contributed by atoms with Crippen molar-refractivity contribution in [3.05, 3.63) is 24.3 Å². The Kier molecular flexibility index (Phi) is 3.82. The second-order valence-electron chi connectivity index (χ2n) is 6.36. The highest BCUT2D eigenvalue weighted by Crippen LogP contribution is 2.27.